The summed E-state index contributed by atoms with van der Waals surface area (Å²) in [6.07, 6.45) is 4.76. The number of ether oxygens (including phenoxy) is 1. The van der Waals surface area contributed by atoms with Gasteiger partial charge in [0.15, 0.2) is 0 Å². The van der Waals surface area contributed by atoms with Gasteiger partial charge in [-0.05, 0) is 62.6 Å². The third-order valence-corrected chi connectivity index (χ3v) is 7.79. The lowest BCUT2D eigenvalue weighted by Crippen LogP contribution is -2.51. The van der Waals surface area contributed by atoms with Crippen LogP contribution in [0.2, 0.25) is 0 Å². The van der Waals surface area contributed by atoms with Crippen molar-refractivity contribution in [3.05, 3.63) is 59.7 Å². The molecule has 1 amide bonds. The first-order chi connectivity index (χ1) is 21.5. The lowest BCUT2D eigenvalue weighted by molar-refractivity contribution is -0.140. The highest BCUT2D eigenvalue weighted by Gasteiger charge is 2.23. The first-order valence-corrected chi connectivity index (χ1v) is 16.9. The maximum atomic E-state index is 12.4. The molecule has 2 atom stereocenters. The molecule has 0 aromatic heterocycles. The highest BCUT2D eigenvalue weighted by Crippen LogP contribution is 2.17. The Bertz CT molecular complexity index is 1090. The molecule has 1 saturated heterocycles. The number of aryl methyl sites for hydroxylation is 1. The number of rotatable bonds is 10. The van der Waals surface area contributed by atoms with E-state index in [1.54, 1.807) is 12.1 Å². The Morgan fingerprint density at radius 1 is 0.911 bits per heavy atom. The van der Waals surface area contributed by atoms with Crippen molar-refractivity contribution in [2.24, 2.45) is 21.8 Å². The molecule has 3 rings (SSSR count). The maximum absolute atomic E-state index is 12.4. The molecular weight excluding hydrogens is 560 g/mol. The van der Waals surface area contributed by atoms with E-state index in [0.29, 0.717) is 25.6 Å². The first kappa shape index (κ1) is 41.8. The maximum Gasteiger partial charge on any atom is 0.248 e. The Hall–Kier alpha value is -3.19. The second-order valence-corrected chi connectivity index (χ2v) is 12.0. The number of amides is 1. The Kier molecular flexibility index (Phi) is 23.3. The fraction of sp³-hybridized carbons (Fsp3) is 0.605. The standard InChI is InChI=1S/C21H33N3O3.C9H11N.C5H12.C3H8/c1-5-16(2)17(3)27-15-21(26)24-12-10-23(11-13-24)18(4)22-14-19-8-6-7-9-20(19)25;1-3-8-5-4-6-9(7-8)10-2;1-4-5(2)3;1-3-2/h6-9,16-17,25H,5,10-15H2,1-4H3;4-7H,2-3H2,1H3;5H,4H2,1-3H3;3H2,1-2H3. The number of para-hydroxylation sites is 1. The quantitative estimate of drug-likeness (QED) is 0.211. The number of phenols is 1. The molecule has 45 heavy (non-hydrogen) atoms. The summed E-state index contributed by atoms with van der Waals surface area (Å²) in [5.74, 6) is 2.62. The molecular formula is C38H64N4O3. The van der Waals surface area contributed by atoms with Gasteiger partial charge in [0.05, 0.1) is 24.2 Å². The van der Waals surface area contributed by atoms with Crippen molar-refractivity contribution in [3.8, 4) is 5.75 Å². The molecule has 0 spiro atoms. The van der Waals surface area contributed by atoms with Gasteiger partial charge in [-0.15, -0.1) is 0 Å². The van der Waals surface area contributed by atoms with Gasteiger partial charge in [-0.3, -0.25) is 14.8 Å². The van der Waals surface area contributed by atoms with Crippen LogP contribution in [-0.2, 0) is 22.5 Å². The van der Waals surface area contributed by atoms with Gasteiger partial charge in [0.1, 0.15) is 12.4 Å². The van der Waals surface area contributed by atoms with E-state index in [0.717, 1.165) is 48.9 Å². The smallest absolute Gasteiger partial charge is 0.248 e. The summed E-state index contributed by atoms with van der Waals surface area (Å²) in [7, 11) is 0. The van der Waals surface area contributed by atoms with Crippen LogP contribution in [0.4, 0.5) is 5.69 Å². The third kappa shape index (κ3) is 18.4. The van der Waals surface area contributed by atoms with Crippen LogP contribution in [-0.4, -0.2) is 72.3 Å². The Labute approximate surface area is 275 Å². The number of aliphatic imine (C=N–C) groups is 2. The second kappa shape index (κ2) is 25.1. The second-order valence-electron chi connectivity index (χ2n) is 12.0. The normalized spacial score (nSPS) is 14.2. The van der Waals surface area contributed by atoms with Crippen LogP contribution in [0.1, 0.15) is 99.6 Å². The largest absolute Gasteiger partial charge is 0.508 e. The molecule has 1 N–H and O–H groups in total. The topological polar surface area (TPSA) is 77.7 Å². The van der Waals surface area contributed by atoms with E-state index in [9.17, 15) is 9.90 Å². The number of benzene rings is 2. The fourth-order valence-corrected chi connectivity index (χ4v) is 3.89. The van der Waals surface area contributed by atoms with Crippen molar-refractivity contribution < 1.29 is 14.6 Å². The molecule has 254 valence electrons. The zero-order chi connectivity index (χ0) is 34.2. The molecule has 1 fully saturated rings. The van der Waals surface area contributed by atoms with Gasteiger partial charge in [-0.1, -0.05) is 105 Å². The summed E-state index contributed by atoms with van der Waals surface area (Å²) in [5, 5.41) is 9.83. The summed E-state index contributed by atoms with van der Waals surface area (Å²) in [6.45, 7) is 28.3. The van der Waals surface area contributed by atoms with Crippen molar-refractivity contribution in [2.45, 2.75) is 108 Å². The lowest BCUT2D eigenvalue weighted by Gasteiger charge is -2.36. The van der Waals surface area contributed by atoms with Gasteiger partial charge in [0.25, 0.3) is 0 Å². The average molecular weight is 625 g/mol. The zero-order valence-corrected chi connectivity index (χ0v) is 30.2. The van der Waals surface area contributed by atoms with Crippen LogP contribution in [0.15, 0.2) is 58.5 Å². The molecule has 0 bridgehead atoms. The summed E-state index contributed by atoms with van der Waals surface area (Å²) >= 11 is 0. The van der Waals surface area contributed by atoms with Crippen molar-refractivity contribution in [1.29, 1.82) is 0 Å². The van der Waals surface area contributed by atoms with Crippen molar-refractivity contribution in [1.82, 2.24) is 9.80 Å². The number of carbonyl (C=O) groups is 1. The van der Waals surface area contributed by atoms with E-state index < -0.39 is 0 Å². The van der Waals surface area contributed by atoms with Crippen LogP contribution in [0, 0.1) is 11.8 Å². The van der Waals surface area contributed by atoms with E-state index in [1.807, 2.05) is 49.1 Å². The minimum absolute atomic E-state index is 0.0635. The van der Waals surface area contributed by atoms with Crippen molar-refractivity contribution in [3.63, 3.8) is 0 Å². The number of phenolic OH excluding ortho intramolecular Hbond substituents is 1. The number of nitrogens with zero attached hydrogens (tertiary/aromatic N) is 4. The molecule has 7 nitrogen and oxygen atoms in total. The molecule has 0 saturated carbocycles. The van der Waals surface area contributed by atoms with E-state index in [2.05, 4.69) is 83.1 Å². The summed E-state index contributed by atoms with van der Waals surface area (Å²) in [6, 6.07) is 15.3. The van der Waals surface area contributed by atoms with Crippen LogP contribution in [0.5, 0.6) is 5.75 Å². The highest BCUT2D eigenvalue weighted by molar-refractivity contribution is 5.81. The predicted molar refractivity (Wildman–Crippen MR) is 194 cm³/mol. The number of piperazine rings is 1. The molecule has 2 aromatic carbocycles. The molecule has 7 heteroatoms. The van der Waals surface area contributed by atoms with Crippen LogP contribution in [0.3, 0.4) is 0 Å². The monoisotopic (exact) mass is 624 g/mol. The SMILES string of the molecule is C=Nc1cccc(CC)c1.CCC.CCC(C)C.CCC(C)C(C)OCC(=O)N1CCN(C(C)=NCc2ccccc2O)CC1. The van der Waals surface area contributed by atoms with Crippen LogP contribution in [0.25, 0.3) is 0 Å². The average Bonchev–Trinajstić information content (AvgIpc) is 3.07. The van der Waals surface area contributed by atoms with E-state index >= 15 is 0 Å². The highest BCUT2D eigenvalue weighted by atomic mass is 16.5. The molecule has 2 unspecified atom stereocenters. The molecule has 1 aliphatic rings. The van der Waals surface area contributed by atoms with Gasteiger partial charge in [-0.2, -0.15) is 0 Å². The summed E-state index contributed by atoms with van der Waals surface area (Å²) < 4.78 is 5.73. The zero-order valence-electron chi connectivity index (χ0n) is 30.2. The third-order valence-electron chi connectivity index (χ3n) is 7.79. The Morgan fingerprint density at radius 3 is 2.00 bits per heavy atom. The van der Waals surface area contributed by atoms with E-state index in [4.69, 9.17) is 4.74 Å². The minimum Gasteiger partial charge on any atom is -0.508 e. The first-order valence-electron chi connectivity index (χ1n) is 16.9. The number of carbonyl (C=O) groups excluding carboxylic acids is 1. The Morgan fingerprint density at radius 2 is 1.49 bits per heavy atom. The molecule has 0 aliphatic carbocycles. The van der Waals surface area contributed by atoms with Crippen LogP contribution >= 0.6 is 0 Å². The fourth-order valence-electron chi connectivity index (χ4n) is 3.89. The van der Waals surface area contributed by atoms with Gasteiger partial charge in [0, 0.05) is 31.7 Å². The van der Waals surface area contributed by atoms with Crippen molar-refractivity contribution in [2.75, 3.05) is 32.8 Å². The van der Waals surface area contributed by atoms with Crippen molar-refractivity contribution >= 4 is 24.1 Å². The van der Waals surface area contributed by atoms with Gasteiger partial charge >= 0.3 is 0 Å². The van der Waals surface area contributed by atoms with E-state index in [-0.39, 0.29) is 24.4 Å². The van der Waals surface area contributed by atoms with Gasteiger partial charge < -0.3 is 19.6 Å². The van der Waals surface area contributed by atoms with Gasteiger partial charge in [0.2, 0.25) is 5.91 Å². The lowest BCUT2D eigenvalue weighted by atomic mass is 10.0. The van der Waals surface area contributed by atoms with Gasteiger partial charge in [-0.25, -0.2) is 0 Å². The number of amidine groups is 1. The summed E-state index contributed by atoms with van der Waals surface area (Å²) in [4.78, 5) is 24.8. The number of aromatic hydroxyl groups is 1. The molecule has 1 heterocycles. The molecule has 2 aromatic rings. The predicted octanol–water partition coefficient (Wildman–Crippen LogP) is 8.96. The Balaban J connectivity index is 0.000000875. The number of hydrogen-bond donors (Lipinski definition) is 1. The molecule has 0 radical (unpaired) electrons. The summed E-state index contributed by atoms with van der Waals surface area (Å²) in [5.41, 5.74) is 3.09. The van der Waals surface area contributed by atoms with E-state index in [1.165, 1.54) is 18.4 Å². The molecule has 1 aliphatic heterocycles. The van der Waals surface area contributed by atoms with Crippen LogP contribution < -0.4 is 0 Å². The number of hydrogen-bond acceptors (Lipinski definition) is 5. The minimum atomic E-state index is 0.0635.